The summed E-state index contributed by atoms with van der Waals surface area (Å²) in [4.78, 5) is 23.1. The number of hydrogen-bond acceptors (Lipinski definition) is 2. The second-order valence-corrected chi connectivity index (χ2v) is 5.03. The maximum atomic E-state index is 12.8. The minimum Gasteiger partial charge on any atom is -0.480 e. The Balaban J connectivity index is 1.88. The number of carboxylic acid groups (broad SMARTS) is 1. The summed E-state index contributed by atoms with van der Waals surface area (Å²) in [6.45, 7) is 0.184. The SMILES string of the molecule is O=C(NCc1ccc(F)cc1)N[C@H](Cc1ccccc1)C(=O)O. The third-order valence-corrected chi connectivity index (χ3v) is 3.25. The number of halogens is 1. The number of amides is 2. The van der Waals surface area contributed by atoms with E-state index in [1.807, 2.05) is 18.2 Å². The van der Waals surface area contributed by atoms with Crippen LogP contribution in [0.25, 0.3) is 0 Å². The molecule has 2 rings (SSSR count). The van der Waals surface area contributed by atoms with Gasteiger partial charge >= 0.3 is 12.0 Å². The molecule has 0 saturated heterocycles. The quantitative estimate of drug-likeness (QED) is 0.765. The monoisotopic (exact) mass is 316 g/mol. The zero-order chi connectivity index (χ0) is 16.7. The molecule has 0 spiro atoms. The molecule has 0 aliphatic heterocycles. The Morgan fingerprint density at radius 1 is 1.00 bits per heavy atom. The average Bonchev–Trinajstić information content (AvgIpc) is 2.54. The molecule has 2 aromatic carbocycles. The fourth-order valence-electron chi connectivity index (χ4n) is 2.04. The van der Waals surface area contributed by atoms with Crippen molar-refractivity contribution in [1.29, 1.82) is 0 Å². The molecule has 0 aliphatic rings. The summed E-state index contributed by atoms with van der Waals surface area (Å²) in [7, 11) is 0. The van der Waals surface area contributed by atoms with Gasteiger partial charge in [0.05, 0.1) is 0 Å². The number of hydrogen-bond donors (Lipinski definition) is 3. The summed E-state index contributed by atoms with van der Waals surface area (Å²) < 4.78 is 12.8. The van der Waals surface area contributed by atoms with E-state index in [-0.39, 0.29) is 18.8 Å². The number of carboxylic acids is 1. The first-order valence-corrected chi connectivity index (χ1v) is 7.10. The average molecular weight is 316 g/mol. The number of benzene rings is 2. The molecule has 0 saturated carbocycles. The number of aliphatic carboxylic acids is 1. The molecule has 0 bridgehead atoms. The largest absolute Gasteiger partial charge is 0.480 e. The molecule has 5 nitrogen and oxygen atoms in total. The summed E-state index contributed by atoms with van der Waals surface area (Å²) in [5.41, 5.74) is 1.54. The maximum absolute atomic E-state index is 12.8. The predicted molar refractivity (Wildman–Crippen MR) is 83.3 cm³/mol. The van der Waals surface area contributed by atoms with Crippen molar-refractivity contribution in [1.82, 2.24) is 10.6 Å². The molecule has 0 radical (unpaired) electrons. The van der Waals surface area contributed by atoms with Crippen LogP contribution in [0.2, 0.25) is 0 Å². The van der Waals surface area contributed by atoms with Gasteiger partial charge in [0.15, 0.2) is 0 Å². The van der Waals surface area contributed by atoms with Gasteiger partial charge in [0.1, 0.15) is 11.9 Å². The lowest BCUT2D eigenvalue weighted by Crippen LogP contribution is -2.46. The lowest BCUT2D eigenvalue weighted by Gasteiger charge is -2.15. The van der Waals surface area contributed by atoms with Crippen LogP contribution in [-0.2, 0) is 17.8 Å². The van der Waals surface area contributed by atoms with Crippen LogP contribution >= 0.6 is 0 Å². The van der Waals surface area contributed by atoms with E-state index in [0.29, 0.717) is 0 Å². The Labute approximate surface area is 133 Å². The lowest BCUT2D eigenvalue weighted by atomic mass is 10.1. The Kier molecular flexibility index (Phi) is 5.68. The summed E-state index contributed by atoms with van der Waals surface area (Å²) in [5, 5.41) is 14.2. The third kappa shape index (κ3) is 5.43. The maximum Gasteiger partial charge on any atom is 0.326 e. The third-order valence-electron chi connectivity index (χ3n) is 3.25. The van der Waals surface area contributed by atoms with Crippen molar-refractivity contribution in [3.8, 4) is 0 Å². The molecule has 0 unspecified atom stereocenters. The minimum atomic E-state index is -1.11. The van der Waals surface area contributed by atoms with Crippen molar-refractivity contribution in [2.75, 3.05) is 0 Å². The molecule has 2 amide bonds. The molecule has 23 heavy (non-hydrogen) atoms. The van der Waals surface area contributed by atoms with Gasteiger partial charge < -0.3 is 15.7 Å². The highest BCUT2D eigenvalue weighted by Gasteiger charge is 2.20. The molecule has 0 aromatic heterocycles. The Bertz CT molecular complexity index is 659. The van der Waals surface area contributed by atoms with Gasteiger partial charge in [-0.2, -0.15) is 0 Å². The van der Waals surface area contributed by atoms with Crippen LogP contribution in [0, 0.1) is 5.82 Å². The van der Waals surface area contributed by atoms with Crippen LogP contribution in [0.3, 0.4) is 0 Å². The fraction of sp³-hybridized carbons (Fsp3) is 0.176. The zero-order valence-electron chi connectivity index (χ0n) is 12.3. The topological polar surface area (TPSA) is 78.4 Å². The molecule has 6 heteroatoms. The van der Waals surface area contributed by atoms with Gasteiger partial charge in [0.2, 0.25) is 0 Å². The van der Waals surface area contributed by atoms with Crippen molar-refractivity contribution in [2.24, 2.45) is 0 Å². The van der Waals surface area contributed by atoms with Crippen molar-refractivity contribution < 1.29 is 19.1 Å². The van der Waals surface area contributed by atoms with Crippen molar-refractivity contribution in [3.63, 3.8) is 0 Å². The predicted octanol–water partition coefficient (Wildman–Crippen LogP) is 2.32. The van der Waals surface area contributed by atoms with Gasteiger partial charge in [-0.05, 0) is 23.3 Å². The van der Waals surface area contributed by atoms with E-state index in [9.17, 15) is 19.1 Å². The van der Waals surface area contributed by atoms with E-state index >= 15 is 0 Å². The molecular formula is C17H17FN2O3. The van der Waals surface area contributed by atoms with E-state index in [2.05, 4.69) is 10.6 Å². The Morgan fingerprint density at radius 3 is 2.26 bits per heavy atom. The van der Waals surface area contributed by atoms with Gasteiger partial charge in [-0.25, -0.2) is 14.0 Å². The highest BCUT2D eigenvalue weighted by atomic mass is 19.1. The lowest BCUT2D eigenvalue weighted by molar-refractivity contribution is -0.139. The standard InChI is InChI=1S/C17H17FN2O3/c18-14-8-6-13(7-9-14)11-19-17(23)20-15(16(21)22)10-12-4-2-1-3-5-12/h1-9,15H,10-11H2,(H,21,22)(H2,19,20,23)/t15-/m1/s1. The van der Waals surface area contributed by atoms with Crippen molar-refractivity contribution in [3.05, 3.63) is 71.5 Å². The zero-order valence-corrected chi connectivity index (χ0v) is 12.3. The van der Waals surface area contributed by atoms with E-state index in [4.69, 9.17) is 0 Å². The number of carbonyl (C=O) groups excluding carboxylic acids is 1. The second-order valence-electron chi connectivity index (χ2n) is 5.03. The second kappa shape index (κ2) is 7.93. The smallest absolute Gasteiger partial charge is 0.326 e. The normalized spacial score (nSPS) is 11.5. The van der Waals surface area contributed by atoms with E-state index in [1.54, 1.807) is 24.3 Å². The number of nitrogens with one attached hydrogen (secondary N) is 2. The molecule has 3 N–H and O–H groups in total. The molecule has 120 valence electrons. The van der Waals surface area contributed by atoms with E-state index in [0.717, 1.165) is 11.1 Å². The molecule has 0 fully saturated rings. The highest BCUT2D eigenvalue weighted by Crippen LogP contribution is 2.04. The number of urea groups is 1. The highest BCUT2D eigenvalue weighted by molar-refractivity contribution is 5.82. The van der Waals surface area contributed by atoms with Crippen LogP contribution in [0.5, 0.6) is 0 Å². The van der Waals surface area contributed by atoms with Crippen LogP contribution in [0.4, 0.5) is 9.18 Å². The molecular weight excluding hydrogens is 299 g/mol. The minimum absolute atomic E-state index is 0.184. The molecule has 2 aromatic rings. The summed E-state index contributed by atoms with van der Waals surface area (Å²) in [6.07, 6.45) is 0.195. The van der Waals surface area contributed by atoms with Crippen LogP contribution in [0.1, 0.15) is 11.1 Å². The summed E-state index contributed by atoms with van der Waals surface area (Å²) in [5.74, 6) is -1.46. The summed E-state index contributed by atoms with van der Waals surface area (Å²) >= 11 is 0. The van der Waals surface area contributed by atoms with Crippen molar-refractivity contribution >= 4 is 12.0 Å². The molecule has 0 aliphatic carbocycles. The van der Waals surface area contributed by atoms with Crippen LogP contribution < -0.4 is 10.6 Å². The van der Waals surface area contributed by atoms with Gasteiger partial charge in [-0.3, -0.25) is 0 Å². The first kappa shape index (κ1) is 16.5. The first-order valence-electron chi connectivity index (χ1n) is 7.10. The summed E-state index contributed by atoms with van der Waals surface area (Å²) in [6, 6.07) is 13.1. The van der Waals surface area contributed by atoms with E-state index < -0.39 is 18.0 Å². The van der Waals surface area contributed by atoms with Gasteiger partial charge in [-0.1, -0.05) is 42.5 Å². The van der Waals surface area contributed by atoms with Crippen LogP contribution in [0.15, 0.2) is 54.6 Å². The molecule has 1 atom stereocenters. The van der Waals surface area contributed by atoms with Gasteiger partial charge in [-0.15, -0.1) is 0 Å². The van der Waals surface area contributed by atoms with Gasteiger partial charge in [0.25, 0.3) is 0 Å². The van der Waals surface area contributed by atoms with E-state index in [1.165, 1.54) is 12.1 Å². The Morgan fingerprint density at radius 2 is 1.65 bits per heavy atom. The number of rotatable bonds is 6. The number of carbonyl (C=O) groups is 2. The van der Waals surface area contributed by atoms with Crippen LogP contribution in [-0.4, -0.2) is 23.1 Å². The van der Waals surface area contributed by atoms with Crippen molar-refractivity contribution in [2.45, 2.75) is 19.0 Å². The first-order chi connectivity index (χ1) is 11.0. The fourth-order valence-corrected chi connectivity index (χ4v) is 2.04. The van der Waals surface area contributed by atoms with Gasteiger partial charge in [0, 0.05) is 13.0 Å². The Hall–Kier alpha value is -2.89. The molecule has 0 heterocycles.